The Labute approximate surface area is 146 Å². The molecule has 23 heavy (non-hydrogen) atoms. The molecule has 0 spiro atoms. The fraction of sp³-hybridized carbons (Fsp3) is 0.0588. The predicted octanol–water partition coefficient (Wildman–Crippen LogP) is 2.78. The van der Waals surface area contributed by atoms with Crippen molar-refractivity contribution in [2.24, 2.45) is 0 Å². The van der Waals surface area contributed by atoms with Crippen LogP contribution in [0.4, 0.5) is 0 Å². The van der Waals surface area contributed by atoms with E-state index in [1.807, 2.05) is 36.5 Å². The molecule has 0 atom stereocenters. The zero-order chi connectivity index (χ0) is 16.2. The number of aromatic nitrogens is 1. The summed E-state index contributed by atoms with van der Waals surface area (Å²) in [5, 5.41) is 1.01. The van der Waals surface area contributed by atoms with E-state index in [1.54, 1.807) is 18.2 Å². The van der Waals surface area contributed by atoms with Crippen molar-refractivity contribution in [2.75, 3.05) is 0 Å². The van der Waals surface area contributed by atoms with Crippen LogP contribution in [0, 0.1) is 3.57 Å². The van der Waals surface area contributed by atoms with E-state index in [9.17, 15) is 9.59 Å². The van der Waals surface area contributed by atoms with Gasteiger partial charge < -0.3 is 4.98 Å². The maximum atomic E-state index is 12.0. The molecule has 116 valence electrons. The number of carbonyl (C=O) groups excluding carboxylic acids is 2. The number of halogens is 1. The Morgan fingerprint density at radius 3 is 2.70 bits per heavy atom. The molecule has 0 saturated carbocycles. The number of carbonyl (C=O) groups is 2. The summed E-state index contributed by atoms with van der Waals surface area (Å²) >= 11 is 2.13. The van der Waals surface area contributed by atoms with Crippen LogP contribution in [-0.2, 0) is 11.2 Å². The highest BCUT2D eigenvalue weighted by Gasteiger charge is 2.10. The Morgan fingerprint density at radius 2 is 1.87 bits per heavy atom. The molecule has 5 nitrogen and oxygen atoms in total. The number of fused-ring (bicyclic) bond motifs is 1. The van der Waals surface area contributed by atoms with Crippen LogP contribution in [0.2, 0.25) is 0 Å². The molecule has 0 aliphatic carbocycles. The third-order valence-corrected chi connectivity index (χ3v) is 4.10. The summed E-state index contributed by atoms with van der Waals surface area (Å²) in [5.41, 5.74) is 7.26. The summed E-state index contributed by atoms with van der Waals surface area (Å²) in [6.07, 6.45) is 2.00. The lowest BCUT2D eigenvalue weighted by atomic mass is 10.1. The molecule has 3 rings (SSSR count). The van der Waals surface area contributed by atoms with Gasteiger partial charge in [0.1, 0.15) is 0 Å². The number of hydrogen-bond donors (Lipinski definition) is 3. The average Bonchev–Trinajstić information content (AvgIpc) is 2.96. The first-order chi connectivity index (χ1) is 11.1. The number of aromatic amines is 1. The predicted molar refractivity (Wildman–Crippen MR) is 96.8 cm³/mol. The van der Waals surface area contributed by atoms with Gasteiger partial charge in [-0.1, -0.05) is 24.3 Å². The third-order valence-electron chi connectivity index (χ3n) is 3.43. The van der Waals surface area contributed by atoms with E-state index in [-0.39, 0.29) is 18.2 Å². The van der Waals surface area contributed by atoms with Gasteiger partial charge in [0.2, 0.25) is 5.91 Å². The van der Waals surface area contributed by atoms with Crippen molar-refractivity contribution in [3.8, 4) is 0 Å². The van der Waals surface area contributed by atoms with Crippen LogP contribution in [0.1, 0.15) is 15.9 Å². The van der Waals surface area contributed by atoms with E-state index in [4.69, 9.17) is 0 Å². The molecule has 0 saturated heterocycles. The van der Waals surface area contributed by atoms with Crippen LogP contribution in [0.3, 0.4) is 0 Å². The van der Waals surface area contributed by atoms with Crippen LogP contribution in [-0.4, -0.2) is 16.8 Å². The van der Waals surface area contributed by atoms with Crippen LogP contribution >= 0.6 is 22.6 Å². The molecule has 0 fully saturated rings. The van der Waals surface area contributed by atoms with E-state index < -0.39 is 0 Å². The van der Waals surface area contributed by atoms with Gasteiger partial charge >= 0.3 is 0 Å². The smallest absolute Gasteiger partial charge is 0.269 e. The Morgan fingerprint density at radius 1 is 1.04 bits per heavy atom. The van der Waals surface area contributed by atoms with Crippen molar-refractivity contribution >= 4 is 45.3 Å². The highest BCUT2D eigenvalue weighted by Crippen LogP contribution is 2.17. The van der Waals surface area contributed by atoms with Crippen molar-refractivity contribution in [1.29, 1.82) is 0 Å². The maximum Gasteiger partial charge on any atom is 0.269 e. The highest BCUT2D eigenvalue weighted by atomic mass is 127. The summed E-state index contributed by atoms with van der Waals surface area (Å²) in [7, 11) is 0. The first-order valence-corrected chi connectivity index (χ1v) is 8.11. The maximum absolute atomic E-state index is 12.0. The SMILES string of the molecule is O=C(Cc1c[nH]c2ccccc12)NNC(=O)c1cccc(I)c1. The Balaban J connectivity index is 1.60. The molecule has 0 aliphatic heterocycles. The molecule has 2 aromatic carbocycles. The zero-order valence-electron chi connectivity index (χ0n) is 12.1. The molecule has 0 unspecified atom stereocenters. The lowest BCUT2D eigenvalue weighted by Gasteiger charge is -2.07. The molecule has 1 aromatic heterocycles. The number of rotatable bonds is 3. The van der Waals surface area contributed by atoms with Gasteiger partial charge in [-0.3, -0.25) is 20.4 Å². The van der Waals surface area contributed by atoms with Gasteiger partial charge in [0.05, 0.1) is 6.42 Å². The second-order valence-electron chi connectivity index (χ2n) is 5.05. The van der Waals surface area contributed by atoms with Crippen LogP contribution in [0.15, 0.2) is 54.7 Å². The largest absolute Gasteiger partial charge is 0.361 e. The molecule has 0 aliphatic rings. The number of hydrazine groups is 1. The average molecular weight is 419 g/mol. The first kappa shape index (κ1) is 15.5. The van der Waals surface area contributed by atoms with Gasteiger partial charge in [0.15, 0.2) is 0 Å². The second kappa shape index (κ2) is 6.82. The standard InChI is InChI=1S/C17H14IN3O2/c18-13-5-3-4-11(8-13)17(23)21-20-16(22)9-12-10-19-15-7-2-1-6-14(12)15/h1-8,10,19H,9H2,(H,20,22)(H,21,23). The number of hydrogen-bond acceptors (Lipinski definition) is 2. The molecule has 1 heterocycles. The van der Waals surface area contributed by atoms with Crippen LogP contribution in [0.25, 0.3) is 10.9 Å². The normalized spacial score (nSPS) is 10.5. The molecule has 0 bridgehead atoms. The molecular weight excluding hydrogens is 405 g/mol. The van der Waals surface area contributed by atoms with Crippen molar-refractivity contribution in [3.05, 3.63) is 69.4 Å². The van der Waals surface area contributed by atoms with E-state index in [0.29, 0.717) is 5.56 Å². The molecular formula is C17H14IN3O2. The minimum Gasteiger partial charge on any atom is -0.361 e. The first-order valence-electron chi connectivity index (χ1n) is 7.03. The van der Waals surface area contributed by atoms with Gasteiger partial charge in [-0.25, -0.2) is 0 Å². The zero-order valence-corrected chi connectivity index (χ0v) is 14.3. The number of nitrogens with one attached hydrogen (secondary N) is 3. The Kier molecular flexibility index (Phi) is 4.61. The fourth-order valence-electron chi connectivity index (χ4n) is 2.32. The fourth-order valence-corrected chi connectivity index (χ4v) is 2.87. The van der Waals surface area contributed by atoms with Gasteiger partial charge in [-0.15, -0.1) is 0 Å². The van der Waals surface area contributed by atoms with E-state index >= 15 is 0 Å². The number of H-pyrrole nitrogens is 1. The number of benzene rings is 2. The number of para-hydroxylation sites is 1. The Bertz CT molecular complexity index is 873. The lowest BCUT2D eigenvalue weighted by Crippen LogP contribution is -2.42. The molecule has 3 N–H and O–H groups in total. The molecule has 3 aromatic rings. The molecule has 0 radical (unpaired) electrons. The highest BCUT2D eigenvalue weighted by molar-refractivity contribution is 14.1. The van der Waals surface area contributed by atoms with Gasteiger partial charge in [0, 0.05) is 26.2 Å². The van der Waals surface area contributed by atoms with Crippen LogP contribution < -0.4 is 10.9 Å². The minimum atomic E-state index is -0.337. The minimum absolute atomic E-state index is 0.191. The van der Waals surface area contributed by atoms with Crippen molar-refractivity contribution < 1.29 is 9.59 Å². The van der Waals surface area contributed by atoms with Crippen molar-refractivity contribution in [2.45, 2.75) is 6.42 Å². The summed E-state index contributed by atoms with van der Waals surface area (Å²) in [4.78, 5) is 27.1. The number of amides is 2. The topological polar surface area (TPSA) is 74.0 Å². The summed E-state index contributed by atoms with van der Waals surface area (Å²) in [6, 6.07) is 14.9. The second-order valence-corrected chi connectivity index (χ2v) is 6.29. The lowest BCUT2D eigenvalue weighted by molar-refractivity contribution is -0.121. The van der Waals surface area contributed by atoms with Gasteiger partial charge in [-0.05, 0) is 52.4 Å². The summed E-state index contributed by atoms with van der Waals surface area (Å²) in [5.74, 6) is -0.607. The van der Waals surface area contributed by atoms with Gasteiger partial charge in [-0.2, -0.15) is 0 Å². The van der Waals surface area contributed by atoms with Crippen LogP contribution in [0.5, 0.6) is 0 Å². The van der Waals surface area contributed by atoms with E-state index in [0.717, 1.165) is 20.0 Å². The van der Waals surface area contributed by atoms with E-state index in [2.05, 4.69) is 38.4 Å². The molecule has 2 amide bonds. The molecule has 6 heteroatoms. The third kappa shape index (κ3) is 3.70. The van der Waals surface area contributed by atoms with Crippen molar-refractivity contribution in [3.63, 3.8) is 0 Å². The summed E-state index contributed by atoms with van der Waals surface area (Å²) in [6.45, 7) is 0. The quantitative estimate of drug-likeness (QED) is 0.451. The monoisotopic (exact) mass is 419 g/mol. The summed E-state index contributed by atoms with van der Waals surface area (Å²) < 4.78 is 0.959. The van der Waals surface area contributed by atoms with E-state index in [1.165, 1.54) is 0 Å². The van der Waals surface area contributed by atoms with Crippen molar-refractivity contribution in [1.82, 2.24) is 15.8 Å². The Hall–Kier alpha value is -2.35. The van der Waals surface area contributed by atoms with Gasteiger partial charge in [0.25, 0.3) is 5.91 Å².